The minimum absolute atomic E-state index is 0.147. The Balaban J connectivity index is 1.55. The van der Waals surface area contributed by atoms with Gasteiger partial charge in [0.15, 0.2) is 0 Å². The van der Waals surface area contributed by atoms with Crippen LogP contribution in [0.1, 0.15) is 25.7 Å². The standard InChI is InChI=1S/C17H22FN3O2/c1-20-12-17(7-6-15(20)22)8-10-21(11-9-17)16(23)19-14-4-2-13(18)3-5-14/h2-5H,6-12H2,1H3,(H,19,23). The van der Waals surface area contributed by atoms with Gasteiger partial charge in [-0.15, -0.1) is 0 Å². The van der Waals surface area contributed by atoms with Crippen molar-refractivity contribution in [2.75, 3.05) is 32.0 Å². The average Bonchev–Trinajstić information content (AvgIpc) is 2.54. The first kappa shape index (κ1) is 15.8. The van der Waals surface area contributed by atoms with Gasteiger partial charge in [0, 0.05) is 38.8 Å². The molecule has 1 aromatic carbocycles. The molecule has 2 aliphatic heterocycles. The molecule has 0 unspecified atom stereocenters. The summed E-state index contributed by atoms with van der Waals surface area (Å²) in [6, 6.07) is 5.62. The van der Waals surface area contributed by atoms with Crippen molar-refractivity contribution in [3.05, 3.63) is 30.1 Å². The van der Waals surface area contributed by atoms with E-state index >= 15 is 0 Å². The van der Waals surface area contributed by atoms with E-state index < -0.39 is 0 Å². The highest BCUT2D eigenvalue weighted by molar-refractivity contribution is 5.89. The van der Waals surface area contributed by atoms with Crippen molar-refractivity contribution in [3.63, 3.8) is 0 Å². The van der Waals surface area contributed by atoms with Gasteiger partial charge in [-0.3, -0.25) is 4.79 Å². The van der Waals surface area contributed by atoms with Gasteiger partial charge in [0.2, 0.25) is 5.91 Å². The molecule has 2 aliphatic rings. The van der Waals surface area contributed by atoms with Crippen LogP contribution in [0.5, 0.6) is 0 Å². The lowest BCUT2D eigenvalue weighted by atomic mass is 9.72. The SMILES string of the molecule is CN1CC2(CCC1=O)CCN(C(=O)Nc1ccc(F)cc1)CC2. The maximum atomic E-state index is 12.9. The van der Waals surface area contributed by atoms with Crippen molar-refractivity contribution in [1.29, 1.82) is 0 Å². The molecule has 0 atom stereocenters. The Labute approximate surface area is 135 Å². The fourth-order valence-corrected chi connectivity index (χ4v) is 3.56. The van der Waals surface area contributed by atoms with Gasteiger partial charge in [0.25, 0.3) is 0 Å². The normalized spacial score (nSPS) is 20.7. The number of anilines is 1. The molecule has 0 aromatic heterocycles. The van der Waals surface area contributed by atoms with E-state index in [2.05, 4.69) is 5.32 Å². The summed E-state index contributed by atoms with van der Waals surface area (Å²) >= 11 is 0. The van der Waals surface area contributed by atoms with Gasteiger partial charge in [0.1, 0.15) is 5.82 Å². The van der Waals surface area contributed by atoms with E-state index in [0.717, 1.165) is 25.8 Å². The third-order valence-corrected chi connectivity index (χ3v) is 5.07. The second-order valence-electron chi connectivity index (χ2n) is 6.67. The van der Waals surface area contributed by atoms with Gasteiger partial charge in [-0.25, -0.2) is 9.18 Å². The van der Waals surface area contributed by atoms with Crippen LogP contribution in [-0.4, -0.2) is 48.4 Å². The van der Waals surface area contributed by atoms with Gasteiger partial charge < -0.3 is 15.1 Å². The molecule has 2 saturated heterocycles. The zero-order chi connectivity index (χ0) is 16.4. The number of likely N-dealkylation sites (tertiary alicyclic amines) is 2. The number of carbonyl (C=O) groups is 2. The Morgan fingerprint density at radius 3 is 2.43 bits per heavy atom. The average molecular weight is 319 g/mol. The van der Waals surface area contributed by atoms with Crippen LogP contribution in [0.3, 0.4) is 0 Å². The van der Waals surface area contributed by atoms with Crippen molar-refractivity contribution in [2.45, 2.75) is 25.7 Å². The summed E-state index contributed by atoms with van der Waals surface area (Å²) < 4.78 is 12.9. The molecule has 23 heavy (non-hydrogen) atoms. The summed E-state index contributed by atoms with van der Waals surface area (Å²) in [7, 11) is 1.86. The lowest BCUT2D eigenvalue weighted by Crippen LogP contribution is -2.51. The summed E-state index contributed by atoms with van der Waals surface area (Å²) in [4.78, 5) is 27.6. The second-order valence-corrected chi connectivity index (χ2v) is 6.67. The van der Waals surface area contributed by atoms with E-state index in [9.17, 15) is 14.0 Å². The van der Waals surface area contributed by atoms with Crippen LogP contribution in [0.4, 0.5) is 14.9 Å². The number of nitrogens with one attached hydrogen (secondary N) is 1. The number of nitrogens with zero attached hydrogens (tertiary/aromatic N) is 2. The molecule has 0 aliphatic carbocycles. The third-order valence-electron chi connectivity index (χ3n) is 5.07. The number of benzene rings is 1. The molecule has 0 bridgehead atoms. The van der Waals surface area contributed by atoms with E-state index in [1.54, 1.807) is 17.0 Å². The summed E-state index contributed by atoms with van der Waals surface area (Å²) in [6.07, 6.45) is 3.37. The first-order valence-corrected chi connectivity index (χ1v) is 8.03. The number of halogens is 1. The lowest BCUT2D eigenvalue weighted by Gasteiger charge is -2.46. The second kappa shape index (κ2) is 6.18. The van der Waals surface area contributed by atoms with E-state index in [1.165, 1.54) is 12.1 Å². The first-order valence-electron chi connectivity index (χ1n) is 8.03. The van der Waals surface area contributed by atoms with Crippen LogP contribution >= 0.6 is 0 Å². The Hall–Kier alpha value is -2.11. The fourth-order valence-electron chi connectivity index (χ4n) is 3.56. The number of piperidine rings is 2. The summed E-state index contributed by atoms with van der Waals surface area (Å²) in [6.45, 7) is 2.17. The van der Waals surface area contributed by atoms with Crippen molar-refractivity contribution in [3.8, 4) is 0 Å². The molecule has 5 nitrogen and oxygen atoms in total. The zero-order valence-electron chi connectivity index (χ0n) is 13.3. The molecular weight excluding hydrogens is 297 g/mol. The van der Waals surface area contributed by atoms with E-state index in [-0.39, 0.29) is 23.2 Å². The highest BCUT2D eigenvalue weighted by Gasteiger charge is 2.40. The topological polar surface area (TPSA) is 52.7 Å². The zero-order valence-corrected chi connectivity index (χ0v) is 13.3. The summed E-state index contributed by atoms with van der Waals surface area (Å²) in [5.41, 5.74) is 0.759. The molecule has 1 N–H and O–H groups in total. The molecule has 1 aromatic rings. The van der Waals surface area contributed by atoms with Crippen molar-refractivity contribution in [2.24, 2.45) is 5.41 Å². The van der Waals surface area contributed by atoms with Gasteiger partial charge in [-0.1, -0.05) is 0 Å². The van der Waals surface area contributed by atoms with Crippen LogP contribution in [0.15, 0.2) is 24.3 Å². The van der Waals surface area contributed by atoms with Gasteiger partial charge in [0.05, 0.1) is 0 Å². The smallest absolute Gasteiger partial charge is 0.321 e. The van der Waals surface area contributed by atoms with Crippen molar-refractivity contribution < 1.29 is 14.0 Å². The molecule has 0 radical (unpaired) electrons. The van der Waals surface area contributed by atoms with Crippen LogP contribution in [0.2, 0.25) is 0 Å². The molecule has 2 heterocycles. The molecule has 0 saturated carbocycles. The lowest BCUT2D eigenvalue weighted by molar-refractivity contribution is -0.137. The van der Waals surface area contributed by atoms with Crippen molar-refractivity contribution >= 4 is 17.6 Å². The van der Waals surface area contributed by atoms with Crippen LogP contribution in [0, 0.1) is 11.2 Å². The minimum Gasteiger partial charge on any atom is -0.345 e. The van der Waals surface area contributed by atoms with Crippen LogP contribution in [-0.2, 0) is 4.79 Å². The van der Waals surface area contributed by atoms with E-state index in [4.69, 9.17) is 0 Å². The Morgan fingerprint density at radius 2 is 1.83 bits per heavy atom. The first-order chi connectivity index (χ1) is 11.0. The summed E-state index contributed by atoms with van der Waals surface area (Å²) in [5.74, 6) is -0.106. The van der Waals surface area contributed by atoms with Gasteiger partial charge in [-0.2, -0.15) is 0 Å². The third kappa shape index (κ3) is 3.46. The quantitative estimate of drug-likeness (QED) is 0.865. The van der Waals surface area contributed by atoms with E-state index in [1.807, 2.05) is 11.9 Å². The Morgan fingerprint density at radius 1 is 1.17 bits per heavy atom. The molecule has 3 amide bonds. The van der Waals surface area contributed by atoms with Crippen LogP contribution in [0.25, 0.3) is 0 Å². The van der Waals surface area contributed by atoms with Gasteiger partial charge >= 0.3 is 6.03 Å². The maximum Gasteiger partial charge on any atom is 0.321 e. The molecule has 6 heteroatoms. The number of carbonyl (C=O) groups excluding carboxylic acids is 2. The highest BCUT2D eigenvalue weighted by atomic mass is 19.1. The molecule has 124 valence electrons. The molecular formula is C17H22FN3O2. The van der Waals surface area contributed by atoms with Crippen molar-refractivity contribution in [1.82, 2.24) is 9.80 Å². The van der Waals surface area contributed by atoms with Gasteiger partial charge in [-0.05, 0) is 48.9 Å². The monoisotopic (exact) mass is 319 g/mol. The molecule has 1 spiro atoms. The maximum absolute atomic E-state index is 12.9. The molecule has 2 fully saturated rings. The predicted molar refractivity (Wildman–Crippen MR) is 85.5 cm³/mol. The number of urea groups is 1. The number of hydrogen-bond donors (Lipinski definition) is 1. The largest absolute Gasteiger partial charge is 0.345 e. The fraction of sp³-hybridized carbons (Fsp3) is 0.529. The Bertz CT molecular complexity index is 594. The number of rotatable bonds is 1. The highest BCUT2D eigenvalue weighted by Crippen LogP contribution is 2.39. The van der Waals surface area contributed by atoms with E-state index in [0.29, 0.717) is 25.2 Å². The molecule has 3 rings (SSSR count). The minimum atomic E-state index is -0.320. The van der Waals surface area contributed by atoms with Crippen LogP contribution < -0.4 is 5.32 Å². The number of hydrogen-bond acceptors (Lipinski definition) is 2. The number of amides is 3. The Kier molecular flexibility index (Phi) is 4.24. The summed E-state index contributed by atoms with van der Waals surface area (Å²) in [5, 5.41) is 2.80. The predicted octanol–water partition coefficient (Wildman–Crippen LogP) is 2.69.